The molecule has 1 heterocycles. The van der Waals surface area contributed by atoms with Crippen molar-refractivity contribution in [1.82, 2.24) is 4.90 Å². The molecule has 0 spiro atoms. The number of hydrogen-bond donors (Lipinski definition) is 0. The summed E-state index contributed by atoms with van der Waals surface area (Å²) in [7, 11) is 0. The van der Waals surface area contributed by atoms with Crippen molar-refractivity contribution in [3.63, 3.8) is 0 Å². The number of imide groups is 1. The summed E-state index contributed by atoms with van der Waals surface area (Å²) in [6, 6.07) is 0. The Kier molecular flexibility index (Phi) is 11.8. The zero-order valence-electron chi connectivity index (χ0n) is 19.0. The molecule has 5 heteroatoms. The van der Waals surface area contributed by atoms with Crippen molar-refractivity contribution >= 4 is 17.8 Å². The second-order valence-electron chi connectivity index (χ2n) is 8.80. The molecule has 30 heavy (non-hydrogen) atoms. The van der Waals surface area contributed by atoms with E-state index in [0.29, 0.717) is 25.1 Å². The zero-order chi connectivity index (χ0) is 21.6. The molecular formula is C25H41NO4. The van der Waals surface area contributed by atoms with E-state index < -0.39 is 0 Å². The molecule has 0 N–H and O–H groups in total. The number of likely N-dealkylation sites (tertiary alicyclic amines) is 1. The van der Waals surface area contributed by atoms with E-state index in [0.717, 1.165) is 51.4 Å². The minimum Gasteiger partial charge on any atom is -0.466 e. The van der Waals surface area contributed by atoms with Crippen LogP contribution in [0.25, 0.3) is 0 Å². The van der Waals surface area contributed by atoms with E-state index >= 15 is 0 Å². The van der Waals surface area contributed by atoms with Gasteiger partial charge in [0, 0.05) is 18.5 Å². The molecule has 1 atom stereocenters. The van der Waals surface area contributed by atoms with Gasteiger partial charge in [-0.25, -0.2) is 0 Å². The Morgan fingerprint density at radius 2 is 1.63 bits per heavy atom. The number of ether oxygens (including phenoxy) is 1. The van der Waals surface area contributed by atoms with Crippen LogP contribution in [0.3, 0.4) is 0 Å². The van der Waals surface area contributed by atoms with Crippen LogP contribution in [-0.2, 0) is 19.1 Å². The molecule has 0 saturated carbocycles. The first kappa shape index (κ1) is 24.6. The van der Waals surface area contributed by atoms with Gasteiger partial charge in [0.2, 0.25) is 5.91 Å². The lowest BCUT2D eigenvalue weighted by molar-refractivity contribution is -0.144. The van der Waals surface area contributed by atoms with Gasteiger partial charge in [-0.05, 0) is 38.5 Å². The third-order valence-electron chi connectivity index (χ3n) is 6.27. The number of amides is 2. The Morgan fingerprint density at radius 3 is 2.33 bits per heavy atom. The van der Waals surface area contributed by atoms with Crippen LogP contribution in [0.4, 0.5) is 0 Å². The lowest BCUT2D eigenvalue weighted by Crippen LogP contribution is -2.31. The van der Waals surface area contributed by atoms with Gasteiger partial charge in [0.25, 0.3) is 5.91 Å². The number of nitrogens with zero attached hydrogens (tertiary/aromatic N) is 1. The molecule has 0 aromatic carbocycles. The van der Waals surface area contributed by atoms with Crippen molar-refractivity contribution in [2.45, 2.75) is 110 Å². The fourth-order valence-corrected chi connectivity index (χ4v) is 4.41. The van der Waals surface area contributed by atoms with Gasteiger partial charge in [-0.1, -0.05) is 70.8 Å². The second-order valence-corrected chi connectivity index (χ2v) is 8.80. The predicted molar refractivity (Wildman–Crippen MR) is 119 cm³/mol. The van der Waals surface area contributed by atoms with Crippen molar-refractivity contribution in [3.05, 3.63) is 11.6 Å². The number of esters is 1. The number of carbonyl (C=O) groups is 3. The average molecular weight is 420 g/mol. The molecule has 5 nitrogen and oxygen atoms in total. The summed E-state index contributed by atoms with van der Waals surface area (Å²) in [5.74, 6) is -0.433. The third-order valence-corrected chi connectivity index (χ3v) is 6.27. The molecule has 1 fully saturated rings. The molecule has 1 aliphatic carbocycles. The summed E-state index contributed by atoms with van der Waals surface area (Å²) in [6.07, 6.45) is 18.7. The summed E-state index contributed by atoms with van der Waals surface area (Å²) in [5, 5.41) is 0. The van der Waals surface area contributed by atoms with E-state index in [2.05, 4.69) is 6.92 Å². The normalized spacial score (nSPS) is 18.5. The molecule has 2 aliphatic rings. The highest BCUT2D eigenvalue weighted by atomic mass is 16.5. The van der Waals surface area contributed by atoms with Crippen LogP contribution >= 0.6 is 0 Å². The molecule has 1 unspecified atom stereocenters. The van der Waals surface area contributed by atoms with Gasteiger partial charge < -0.3 is 4.74 Å². The first-order valence-electron chi connectivity index (χ1n) is 12.4. The summed E-state index contributed by atoms with van der Waals surface area (Å²) in [5.41, 5.74) is 0.714. The number of rotatable bonds is 16. The SMILES string of the molecule is CCCCCCCCCCCOC(=O)CCCCCN1C(=O)C2=CCCCC2C1=O. The summed E-state index contributed by atoms with van der Waals surface area (Å²) < 4.78 is 5.31. The Bertz CT molecular complexity index is 584. The average Bonchev–Trinajstić information content (AvgIpc) is 3.00. The molecule has 1 saturated heterocycles. The largest absolute Gasteiger partial charge is 0.466 e. The highest BCUT2D eigenvalue weighted by Crippen LogP contribution is 2.34. The molecule has 0 radical (unpaired) electrons. The quantitative estimate of drug-likeness (QED) is 0.182. The first-order chi connectivity index (χ1) is 14.6. The summed E-state index contributed by atoms with van der Waals surface area (Å²) in [6.45, 7) is 3.24. The van der Waals surface area contributed by atoms with Gasteiger partial charge in [-0.3, -0.25) is 19.3 Å². The van der Waals surface area contributed by atoms with Gasteiger partial charge >= 0.3 is 5.97 Å². The number of hydrogen-bond acceptors (Lipinski definition) is 4. The molecule has 1 aliphatic heterocycles. The Hall–Kier alpha value is -1.65. The van der Waals surface area contributed by atoms with E-state index in [1.165, 1.54) is 49.8 Å². The lowest BCUT2D eigenvalue weighted by Gasteiger charge is -2.14. The Morgan fingerprint density at radius 1 is 0.967 bits per heavy atom. The second kappa shape index (κ2) is 14.4. The highest BCUT2D eigenvalue weighted by Gasteiger charge is 2.43. The molecule has 2 amide bonds. The molecular weight excluding hydrogens is 378 g/mol. The fourth-order valence-electron chi connectivity index (χ4n) is 4.41. The van der Waals surface area contributed by atoms with Gasteiger partial charge in [0.1, 0.15) is 0 Å². The van der Waals surface area contributed by atoms with Crippen molar-refractivity contribution in [1.29, 1.82) is 0 Å². The minimum atomic E-state index is -0.192. The van der Waals surface area contributed by atoms with Crippen LogP contribution in [0.1, 0.15) is 110 Å². The maximum Gasteiger partial charge on any atom is 0.305 e. The molecule has 170 valence electrons. The monoisotopic (exact) mass is 419 g/mol. The molecule has 0 aromatic rings. The van der Waals surface area contributed by atoms with Crippen LogP contribution in [0, 0.1) is 5.92 Å². The van der Waals surface area contributed by atoms with Gasteiger partial charge in [0.05, 0.1) is 12.5 Å². The van der Waals surface area contributed by atoms with Crippen LogP contribution in [0.2, 0.25) is 0 Å². The Balaban J connectivity index is 1.42. The highest BCUT2D eigenvalue weighted by molar-refractivity contribution is 6.14. The summed E-state index contributed by atoms with van der Waals surface area (Å²) >= 11 is 0. The van der Waals surface area contributed by atoms with Crippen molar-refractivity contribution < 1.29 is 19.1 Å². The van der Waals surface area contributed by atoms with Crippen LogP contribution in [0.5, 0.6) is 0 Å². The van der Waals surface area contributed by atoms with Gasteiger partial charge in [-0.15, -0.1) is 0 Å². The van der Waals surface area contributed by atoms with Gasteiger partial charge in [-0.2, -0.15) is 0 Å². The topological polar surface area (TPSA) is 63.7 Å². The molecule has 0 aromatic heterocycles. The van der Waals surface area contributed by atoms with Crippen molar-refractivity contribution in [2.24, 2.45) is 5.92 Å². The molecule has 0 bridgehead atoms. The third kappa shape index (κ3) is 8.23. The van der Waals surface area contributed by atoms with E-state index in [9.17, 15) is 14.4 Å². The fraction of sp³-hybridized carbons (Fsp3) is 0.800. The minimum absolute atomic E-state index is 0.0219. The van der Waals surface area contributed by atoms with E-state index in [4.69, 9.17) is 4.74 Å². The number of carbonyl (C=O) groups excluding carboxylic acids is 3. The maximum atomic E-state index is 12.4. The number of allylic oxidation sites excluding steroid dienone is 1. The van der Waals surface area contributed by atoms with E-state index in [1.54, 1.807) is 0 Å². The standard InChI is InChI=1S/C25H41NO4/c1-2-3-4-5-6-7-8-9-15-20-30-23(27)18-11-10-14-19-26-24(28)21-16-12-13-17-22(21)25(26)29/h16,22H,2-15,17-20H2,1H3. The number of fused-ring (bicyclic) bond motifs is 1. The first-order valence-corrected chi connectivity index (χ1v) is 12.4. The van der Waals surface area contributed by atoms with Crippen LogP contribution in [0.15, 0.2) is 11.6 Å². The zero-order valence-corrected chi connectivity index (χ0v) is 19.0. The molecule has 2 rings (SSSR count). The Labute approximate surface area is 182 Å². The predicted octanol–water partition coefficient (Wildman–Crippen LogP) is 5.72. The van der Waals surface area contributed by atoms with E-state index in [1.807, 2.05) is 6.08 Å². The smallest absolute Gasteiger partial charge is 0.305 e. The van der Waals surface area contributed by atoms with Gasteiger partial charge in [0.15, 0.2) is 0 Å². The lowest BCUT2D eigenvalue weighted by atomic mass is 9.90. The summed E-state index contributed by atoms with van der Waals surface area (Å²) in [4.78, 5) is 38.0. The van der Waals surface area contributed by atoms with Crippen LogP contribution < -0.4 is 0 Å². The number of unbranched alkanes of at least 4 members (excludes halogenated alkanes) is 10. The van der Waals surface area contributed by atoms with Crippen LogP contribution in [-0.4, -0.2) is 35.8 Å². The van der Waals surface area contributed by atoms with E-state index in [-0.39, 0.29) is 23.7 Å². The van der Waals surface area contributed by atoms with Crippen molar-refractivity contribution in [2.75, 3.05) is 13.2 Å². The van der Waals surface area contributed by atoms with Crippen molar-refractivity contribution in [3.8, 4) is 0 Å². The maximum absolute atomic E-state index is 12.4.